The Balaban J connectivity index is 3.12. The molecule has 1 aromatic rings. The van der Waals surface area contributed by atoms with Crippen molar-refractivity contribution in [1.82, 2.24) is 0 Å². The number of methoxy groups -OCH3 is 1. The van der Waals surface area contributed by atoms with Crippen LogP contribution in [-0.4, -0.2) is 18.2 Å². The average molecular weight is 165 g/mol. The van der Waals surface area contributed by atoms with Gasteiger partial charge in [-0.15, -0.1) is 0 Å². The summed E-state index contributed by atoms with van der Waals surface area (Å²) in [4.78, 5) is 10.5. The minimum atomic E-state index is -0.970. The van der Waals surface area contributed by atoms with Crippen LogP contribution in [-0.2, 0) is 0 Å². The van der Waals surface area contributed by atoms with Gasteiger partial charge in [-0.05, 0) is 30.7 Å². The maximum atomic E-state index is 10.5. The zero-order valence-electron chi connectivity index (χ0n) is 6.70. The Morgan fingerprint density at radius 1 is 1.58 bits per heavy atom. The molecule has 3 heteroatoms. The van der Waals surface area contributed by atoms with Crippen LogP contribution in [0.3, 0.4) is 0 Å². The quantitative estimate of drug-likeness (QED) is 0.723. The van der Waals surface area contributed by atoms with E-state index in [2.05, 4.69) is 6.92 Å². The second-order valence-corrected chi connectivity index (χ2v) is 2.33. The van der Waals surface area contributed by atoms with E-state index in [1.807, 2.05) is 0 Å². The van der Waals surface area contributed by atoms with Crippen LogP contribution in [0.25, 0.3) is 0 Å². The van der Waals surface area contributed by atoms with Crippen LogP contribution >= 0.6 is 0 Å². The molecule has 1 rings (SSSR count). The monoisotopic (exact) mass is 165 g/mol. The van der Waals surface area contributed by atoms with Gasteiger partial charge in [0, 0.05) is 0 Å². The SMILES string of the molecule is [CH2]c1cc(OC)ccc1C(=O)O. The summed E-state index contributed by atoms with van der Waals surface area (Å²) in [6, 6.07) is 4.66. The molecule has 0 amide bonds. The molecular weight excluding hydrogens is 156 g/mol. The molecular formula is C9H9O3. The molecule has 0 saturated heterocycles. The van der Waals surface area contributed by atoms with E-state index in [0.717, 1.165) is 0 Å². The van der Waals surface area contributed by atoms with Crippen LogP contribution in [0.1, 0.15) is 15.9 Å². The Hall–Kier alpha value is -1.51. The number of hydrogen-bond acceptors (Lipinski definition) is 2. The van der Waals surface area contributed by atoms with Crippen molar-refractivity contribution in [2.24, 2.45) is 0 Å². The van der Waals surface area contributed by atoms with Gasteiger partial charge in [0.05, 0.1) is 12.7 Å². The molecule has 0 saturated carbocycles. The van der Waals surface area contributed by atoms with Crippen molar-refractivity contribution in [3.05, 3.63) is 36.2 Å². The molecule has 0 aliphatic heterocycles. The highest BCUT2D eigenvalue weighted by molar-refractivity contribution is 5.89. The number of rotatable bonds is 2. The van der Waals surface area contributed by atoms with Crippen molar-refractivity contribution in [1.29, 1.82) is 0 Å². The Bertz CT molecular complexity index is 305. The summed E-state index contributed by atoms with van der Waals surface area (Å²) in [6.45, 7) is 3.59. The highest BCUT2D eigenvalue weighted by atomic mass is 16.5. The summed E-state index contributed by atoms with van der Waals surface area (Å²) >= 11 is 0. The van der Waals surface area contributed by atoms with Crippen LogP contribution in [0.5, 0.6) is 5.75 Å². The van der Waals surface area contributed by atoms with Crippen molar-refractivity contribution in [3.8, 4) is 5.75 Å². The van der Waals surface area contributed by atoms with Crippen LogP contribution < -0.4 is 4.74 Å². The fourth-order valence-electron chi connectivity index (χ4n) is 0.906. The number of carboxylic acids is 1. The molecule has 1 aromatic carbocycles. The number of carbonyl (C=O) groups is 1. The summed E-state index contributed by atoms with van der Waals surface area (Å²) in [5, 5.41) is 8.65. The fourth-order valence-corrected chi connectivity index (χ4v) is 0.906. The van der Waals surface area contributed by atoms with Crippen LogP contribution in [0.2, 0.25) is 0 Å². The molecule has 12 heavy (non-hydrogen) atoms. The molecule has 0 atom stereocenters. The van der Waals surface area contributed by atoms with Gasteiger partial charge < -0.3 is 9.84 Å². The Morgan fingerprint density at radius 2 is 2.25 bits per heavy atom. The lowest BCUT2D eigenvalue weighted by Gasteiger charge is -2.03. The van der Waals surface area contributed by atoms with Gasteiger partial charge >= 0.3 is 5.97 Å². The minimum Gasteiger partial charge on any atom is -0.497 e. The molecule has 3 nitrogen and oxygen atoms in total. The smallest absolute Gasteiger partial charge is 0.335 e. The average Bonchev–Trinajstić information content (AvgIpc) is 2.03. The number of carboxylic acid groups (broad SMARTS) is 1. The minimum absolute atomic E-state index is 0.204. The van der Waals surface area contributed by atoms with Crippen molar-refractivity contribution >= 4 is 5.97 Å². The molecule has 63 valence electrons. The highest BCUT2D eigenvalue weighted by Crippen LogP contribution is 2.16. The molecule has 0 bridgehead atoms. The molecule has 0 aliphatic rings. The van der Waals surface area contributed by atoms with Crippen LogP contribution in [0.4, 0.5) is 0 Å². The number of hydrogen-bond donors (Lipinski definition) is 1. The third-order valence-electron chi connectivity index (χ3n) is 1.54. The molecule has 0 aliphatic carbocycles. The van der Waals surface area contributed by atoms with Gasteiger partial charge in [-0.1, -0.05) is 0 Å². The standard InChI is InChI=1S/C9H9O3/c1-6-5-7(12-2)3-4-8(6)9(10)11/h3-5H,1H2,2H3,(H,10,11). The topological polar surface area (TPSA) is 46.5 Å². The predicted octanol–water partition coefficient (Wildman–Crippen LogP) is 1.58. The fraction of sp³-hybridized carbons (Fsp3) is 0.111. The van der Waals surface area contributed by atoms with Gasteiger partial charge in [-0.3, -0.25) is 0 Å². The number of aromatic carboxylic acids is 1. The number of ether oxygens (including phenoxy) is 1. The van der Waals surface area contributed by atoms with Crippen molar-refractivity contribution in [2.45, 2.75) is 0 Å². The lowest BCUT2D eigenvalue weighted by molar-refractivity contribution is 0.0696. The Labute approximate surface area is 70.6 Å². The zero-order valence-corrected chi connectivity index (χ0v) is 6.70. The van der Waals surface area contributed by atoms with Crippen molar-refractivity contribution in [2.75, 3.05) is 7.11 Å². The maximum absolute atomic E-state index is 10.5. The molecule has 0 unspecified atom stereocenters. The maximum Gasteiger partial charge on any atom is 0.335 e. The first-order valence-corrected chi connectivity index (χ1v) is 3.38. The largest absolute Gasteiger partial charge is 0.497 e. The van der Waals surface area contributed by atoms with Gasteiger partial charge in [0.15, 0.2) is 0 Å². The van der Waals surface area contributed by atoms with Gasteiger partial charge in [-0.2, -0.15) is 0 Å². The van der Waals surface area contributed by atoms with E-state index in [1.165, 1.54) is 13.2 Å². The molecule has 1 N–H and O–H groups in total. The first-order chi connectivity index (χ1) is 5.65. The summed E-state index contributed by atoms with van der Waals surface area (Å²) in [5.41, 5.74) is 0.664. The second-order valence-electron chi connectivity index (χ2n) is 2.33. The van der Waals surface area contributed by atoms with Gasteiger partial charge in [0.1, 0.15) is 5.75 Å². The molecule has 0 heterocycles. The first-order valence-electron chi connectivity index (χ1n) is 3.38. The van der Waals surface area contributed by atoms with Gasteiger partial charge in [-0.25, -0.2) is 4.79 Å². The van der Waals surface area contributed by atoms with E-state index in [9.17, 15) is 4.79 Å². The Kier molecular flexibility index (Phi) is 2.33. The van der Waals surface area contributed by atoms with Crippen LogP contribution in [0, 0.1) is 6.92 Å². The van der Waals surface area contributed by atoms with Crippen molar-refractivity contribution < 1.29 is 14.6 Å². The molecule has 0 spiro atoms. The third kappa shape index (κ3) is 1.56. The molecule has 1 radical (unpaired) electrons. The van der Waals surface area contributed by atoms with Crippen molar-refractivity contribution in [3.63, 3.8) is 0 Å². The summed E-state index contributed by atoms with van der Waals surface area (Å²) in [5.74, 6) is -0.354. The summed E-state index contributed by atoms with van der Waals surface area (Å²) < 4.78 is 4.90. The van der Waals surface area contributed by atoms with E-state index >= 15 is 0 Å². The highest BCUT2D eigenvalue weighted by Gasteiger charge is 2.06. The van der Waals surface area contributed by atoms with Crippen LogP contribution in [0.15, 0.2) is 18.2 Å². The molecule has 0 aromatic heterocycles. The first kappa shape index (κ1) is 8.59. The lowest BCUT2D eigenvalue weighted by atomic mass is 10.1. The van der Waals surface area contributed by atoms with E-state index in [1.54, 1.807) is 12.1 Å². The van der Waals surface area contributed by atoms with E-state index in [4.69, 9.17) is 9.84 Å². The Morgan fingerprint density at radius 3 is 2.67 bits per heavy atom. The summed E-state index contributed by atoms with van der Waals surface area (Å²) in [7, 11) is 1.52. The van der Waals surface area contributed by atoms with E-state index < -0.39 is 5.97 Å². The molecule has 0 fully saturated rings. The van der Waals surface area contributed by atoms with Gasteiger partial charge in [0.2, 0.25) is 0 Å². The second kappa shape index (κ2) is 3.26. The summed E-state index contributed by atoms with van der Waals surface area (Å²) in [6.07, 6.45) is 0. The van der Waals surface area contributed by atoms with E-state index in [0.29, 0.717) is 11.3 Å². The zero-order chi connectivity index (χ0) is 9.14. The van der Waals surface area contributed by atoms with E-state index in [-0.39, 0.29) is 5.56 Å². The normalized spacial score (nSPS) is 9.50. The number of benzene rings is 1. The predicted molar refractivity (Wildman–Crippen MR) is 44.4 cm³/mol. The van der Waals surface area contributed by atoms with Gasteiger partial charge in [0.25, 0.3) is 0 Å². The lowest BCUT2D eigenvalue weighted by Crippen LogP contribution is -1.99. The third-order valence-corrected chi connectivity index (χ3v) is 1.54.